The van der Waals surface area contributed by atoms with Crippen molar-refractivity contribution < 1.29 is 8.42 Å². The van der Waals surface area contributed by atoms with Crippen LogP contribution in [0.3, 0.4) is 0 Å². The minimum atomic E-state index is -3.09. The van der Waals surface area contributed by atoms with Gasteiger partial charge < -0.3 is 10.3 Å². The van der Waals surface area contributed by atoms with Gasteiger partial charge in [-0.25, -0.2) is 12.7 Å². The number of hydrogen-bond acceptors (Lipinski definition) is 3. The second kappa shape index (κ2) is 8.41. The molecule has 31 heavy (non-hydrogen) atoms. The zero-order valence-electron chi connectivity index (χ0n) is 18.1. The molecule has 1 saturated carbocycles. The first-order chi connectivity index (χ1) is 15.0. The van der Waals surface area contributed by atoms with E-state index in [1.54, 1.807) is 11.2 Å². The first kappa shape index (κ1) is 20.7. The minimum absolute atomic E-state index is 0.184. The Bertz CT molecular complexity index is 1170. The van der Waals surface area contributed by atoms with Crippen LogP contribution in [0.25, 0.3) is 22.0 Å². The third-order valence-electron chi connectivity index (χ3n) is 6.80. The molecule has 1 aromatic heterocycles. The summed E-state index contributed by atoms with van der Waals surface area (Å²) in [6.07, 6.45) is 6.47. The Morgan fingerprint density at radius 2 is 1.81 bits per heavy atom. The summed E-state index contributed by atoms with van der Waals surface area (Å²) in [4.78, 5) is 3.43. The molecule has 5 rings (SSSR count). The van der Waals surface area contributed by atoms with E-state index in [-0.39, 0.29) is 5.75 Å². The van der Waals surface area contributed by atoms with Gasteiger partial charge >= 0.3 is 0 Å². The van der Waals surface area contributed by atoms with Crippen molar-refractivity contribution in [2.24, 2.45) is 0 Å². The fourth-order valence-electron chi connectivity index (χ4n) is 4.70. The third-order valence-corrected chi connectivity index (χ3v) is 8.68. The quantitative estimate of drug-likeness (QED) is 0.567. The Kier molecular flexibility index (Phi) is 5.63. The summed E-state index contributed by atoms with van der Waals surface area (Å²) in [5.74, 6) is 0.574. The lowest BCUT2D eigenvalue weighted by molar-refractivity contribution is 0.321. The van der Waals surface area contributed by atoms with Gasteiger partial charge in [-0.15, -0.1) is 0 Å². The number of nitrogens with zero attached hydrogens (tertiary/aromatic N) is 1. The third kappa shape index (κ3) is 4.43. The molecule has 1 aliphatic heterocycles. The Morgan fingerprint density at radius 3 is 2.55 bits per heavy atom. The van der Waals surface area contributed by atoms with Gasteiger partial charge in [-0.1, -0.05) is 24.3 Å². The fourth-order valence-corrected chi connectivity index (χ4v) is 5.83. The number of rotatable bonds is 7. The largest absolute Gasteiger partial charge is 0.361 e. The lowest BCUT2D eigenvalue weighted by Gasteiger charge is -2.30. The molecule has 2 fully saturated rings. The molecule has 3 aromatic rings. The topological polar surface area (TPSA) is 65.2 Å². The van der Waals surface area contributed by atoms with E-state index in [1.165, 1.54) is 40.5 Å². The molecular formula is C25H31N3O2S. The molecule has 6 heteroatoms. The standard InChI is InChI=1S/C25H31N3O2S/c1-2-31(29,30)28-12-10-19(11-13-28)24-17-27-25-9-6-21(15-23(24)25)20-5-3-4-18(14-20)16-26-22-7-8-22/h3-6,9,14-15,17,19,22,26-27H,2,7-8,10-13,16H2,1H3. The molecule has 0 amide bonds. The highest BCUT2D eigenvalue weighted by Crippen LogP contribution is 2.36. The van der Waals surface area contributed by atoms with Crippen molar-refractivity contribution in [2.45, 2.75) is 51.1 Å². The Labute approximate surface area is 184 Å². The molecule has 0 atom stereocenters. The van der Waals surface area contributed by atoms with E-state index >= 15 is 0 Å². The molecular weight excluding hydrogens is 406 g/mol. The highest BCUT2D eigenvalue weighted by atomic mass is 32.2. The lowest BCUT2D eigenvalue weighted by atomic mass is 9.89. The second-order valence-electron chi connectivity index (χ2n) is 8.93. The van der Waals surface area contributed by atoms with E-state index < -0.39 is 10.0 Å². The van der Waals surface area contributed by atoms with Gasteiger partial charge in [0.2, 0.25) is 10.0 Å². The summed E-state index contributed by atoms with van der Waals surface area (Å²) in [7, 11) is -3.09. The zero-order chi connectivity index (χ0) is 21.4. The number of hydrogen-bond donors (Lipinski definition) is 2. The van der Waals surface area contributed by atoms with Crippen molar-refractivity contribution in [3.63, 3.8) is 0 Å². The van der Waals surface area contributed by atoms with Crippen molar-refractivity contribution in [3.8, 4) is 11.1 Å². The number of benzene rings is 2. The molecule has 1 saturated heterocycles. The Balaban J connectivity index is 1.37. The molecule has 0 radical (unpaired) electrons. The minimum Gasteiger partial charge on any atom is -0.361 e. The number of fused-ring (bicyclic) bond motifs is 1. The first-order valence-electron chi connectivity index (χ1n) is 11.4. The zero-order valence-corrected chi connectivity index (χ0v) is 18.9. The molecule has 164 valence electrons. The molecule has 2 aliphatic rings. The van der Waals surface area contributed by atoms with Crippen molar-refractivity contribution in [2.75, 3.05) is 18.8 Å². The van der Waals surface area contributed by atoms with E-state index in [2.05, 4.69) is 59.0 Å². The van der Waals surface area contributed by atoms with Crippen molar-refractivity contribution in [1.82, 2.24) is 14.6 Å². The maximum absolute atomic E-state index is 12.2. The van der Waals surface area contributed by atoms with Crippen LogP contribution in [0.5, 0.6) is 0 Å². The molecule has 5 nitrogen and oxygen atoms in total. The summed E-state index contributed by atoms with van der Waals surface area (Å²) in [6.45, 7) is 3.88. The van der Waals surface area contributed by atoms with Gasteiger partial charge in [-0.3, -0.25) is 0 Å². The summed E-state index contributed by atoms with van der Waals surface area (Å²) in [6, 6.07) is 16.2. The number of H-pyrrole nitrogens is 1. The number of aromatic nitrogens is 1. The summed E-state index contributed by atoms with van der Waals surface area (Å²) in [5, 5.41) is 4.86. The molecule has 0 unspecified atom stereocenters. The number of sulfonamides is 1. The maximum atomic E-state index is 12.2. The van der Waals surface area contributed by atoms with E-state index in [0.717, 1.165) is 24.9 Å². The Hall–Kier alpha value is -2.15. The van der Waals surface area contributed by atoms with E-state index in [4.69, 9.17) is 0 Å². The molecule has 2 N–H and O–H groups in total. The van der Waals surface area contributed by atoms with Crippen LogP contribution in [0.2, 0.25) is 0 Å². The molecule has 2 aromatic carbocycles. The Morgan fingerprint density at radius 1 is 1.03 bits per heavy atom. The lowest BCUT2D eigenvalue weighted by Crippen LogP contribution is -2.38. The average Bonchev–Trinajstić information content (AvgIpc) is 3.55. The molecule has 0 bridgehead atoms. The van der Waals surface area contributed by atoms with Gasteiger partial charge in [0, 0.05) is 42.8 Å². The van der Waals surface area contributed by atoms with Crippen LogP contribution >= 0.6 is 0 Å². The van der Waals surface area contributed by atoms with Crippen LogP contribution < -0.4 is 5.32 Å². The monoisotopic (exact) mass is 437 g/mol. The predicted octanol–water partition coefficient (Wildman–Crippen LogP) is 4.62. The predicted molar refractivity (Wildman–Crippen MR) is 127 cm³/mol. The van der Waals surface area contributed by atoms with E-state index in [1.807, 2.05) is 0 Å². The van der Waals surface area contributed by atoms with Crippen LogP contribution in [-0.4, -0.2) is 42.6 Å². The maximum Gasteiger partial charge on any atom is 0.213 e. The highest BCUT2D eigenvalue weighted by Gasteiger charge is 2.28. The summed E-state index contributed by atoms with van der Waals surface area (Å²) >= 11 is 0. The van der Waals surface area contributed by atoms with Crippen LogP contribution in [0, 0.1) is 0 Å². The van der Waals surface area contributed by atoms with Crippen molar-refractivity contribution in [1.29, 1.82) is 0 Å². The first-order valence-corrected chi connectivity index (χ1v) is 13.1. The van der Waals surface area contributed by atoms with Crippen LogP contribution in [0.1, 0.15) is 49.7 Å². The SMILES string of the molecule is CCS(=O)(=O)N1CCC(c2c[nH]c3ccc(-c4cccc(CNC5CC5)c4)cc23)CC1. The fraction of sp³-hybridized carbons (Fsp3) is 0.440. The van der Waals surface area contributed by atoms with Crippen LogP contribution in [0.4, 0.5) is 0 Å². The van der Waals surface area contributed by atoms with Gasteiger partial charge in [-0.05, 0) is 79.0 Å². The highest BCUT2D eigenvalue weighted by molar-refractivity contribution is 7.89. The van der Waals surface area contributed by atoms with Gasteiger partial charge in [0.25, 0.3) is 0 Å². The van der Waals surface area contributed by atoms with Gasteiger partial charge in [-0.2, -0.15) is 0 Å². The summed E-state index contributed by atoms with van der Waals surface area (Å²) < 4.78 is 26.0. The average molecular weight is 438 g/mol. The number of piperidine rings is 1. The molecule has 2 heterocycles. The molecule has 0 spiro atoms. The molecule has 1 aliphatic carbocycles. The smallest absolute Gasteiger partial charge is 0.213 e. The van der Waals surface area contributed by atoms with Gasteiger partial charge in [0.1, 0.15) is 0 Å². The van der Waals surface area contributed by atoms with Gasteiger partial charge in [0.15, 0.2) is 0 Å². The van der Waals surface area contributed by atoms with Crippen LogP contribution in [0.15, 0.2) is 48.7 Å². The van der Waals surface area contributed by atoms with Crippen LogP contribution in [-0.2, 0) is 16.6 Å². The normalized spacial score (nSPS) is 18.6. The summed E-state index contributed by atoms with van der Waals surface area (Å²) in [5.41, 5.74) is 6.26. The van der Waals surface area contributed by atoms with Crippen molar-refractivity contribution in [3.05, 3.63) is 59.8 Å². The van der Waals surface area contributed by atoms with Gasteiger partial charge in [0.05, 0.1) is 5.75 Å². The second-order valence-corrected chi connectivity index (χ2v) is 11.2. The van der Waals surface area contributed by atoms with E-state index in [9.17, 15) is 8.42 Å². The number of aromatic amines is 1. The van der Waals surface area contributed by atoms with Crippen molar-refractivity contribution >= 4 is 20.9 Å². The van der Waals surface area contributed by atoms with E-state index in [0.29, 0.717) is 25.0 Å². The number of nitrogens with one attached hydrogen (secondary N) is 2.